The Bertz CT molecular complexity index is 726. The van der Waals surface area contributed by atoms with E-state index in [2.05, 4.69) is 31.9 Å². The molecule has 114 valence electrons. The molecule has 2 N–H and O–H groups in total. The van der Waals surface area contributed by atoms with Crippen LogP contribution in [-0.4, -0.2) is 19.8 Å². The summed E-state index contributed by atoms with van der Waals surface area (Å²) < 4.78 is 32.7. The Morgan fingerprint density at radius 1 is 1.24 bits per heavy atom. The van der Waals surface area contributed by atoms with Crippen LogP contribution in [0.2, 0.25) is 0 Å². The summed E-state index contributed by atoms with van der Waals surface area (Å²) in [5, 5.41) is 0. The molecule has 0 aliphatic carbocycles. The van der Waals surface area contributed by atoms with E-state index < -0.39 is 10.0 Å². The maximum Gasteiger partial charge on any atom is 0.247 e. The van der Waals surface area contributed by atoms with Gasteiger partial charge in [0.1, 0.15) is 10.7 Å². The van der Waals surface area contributed by atoms with Crippen molar-refractivity contribution in [1.29, 1.82) is 0 Å². The fraction of sp³-hybridized carbons (Fsp3) is 0.231. The summed E-state index contributed by atoms with van der Waals surface area (Å²) in [6, 6.07) is 8.92. The van der Waals surface area contributed by atoms with Gasteiger partial charge in [0.2, 0.25) is 10.0 Å². The van der Waals surface area contributed by atoms with E-state index in [4.69, 9.17) is 10.2 Å². The van der Waals surface area contributed by atoms with Gasteiger partial charge in [0, 0.05) is 24.1 Å². The SMILES string of the molecule is CN(Cc1ccc(Br)cc1)S(=O)(=O)c1cc(CN)oc1Br. The molecule has 1 heterocycles. The highest BCUT2D eigenvalue weighted by atomic mass is 79.9. The summed E-state index contributed by atoms with van der Waals surface area (Å²) in [6.45, 7) is 0.412. The van der Waals surface area contributed by atoms with Gasteiger partial charge in [-0.2, -0.15) is 4.31 Å². The first-order valence-electron chi connectivity index (χ1n) is 6.03. The molecule has 1 aromatic heterocycles. The molecular formula is C13H14Br2N2O3S. The fourth-order valence-electron chi connectivity index (χ4n) is 1.77. The monoisotopic (exact) mass is 436 g/mol. The zero-order valence-corrected chi connectivity index (χ0v) is 15.2. The highest BCUT2D eigenvalue weighted by molar-refractivity contribution is 9.10. The molecule has 0 fully saturated rings. The van der Waals surface area contributed by atoms with Crippen LogP contribution >= 0.6 is 31.9 Å². The Balaban J connectivity index is 2.25. The largest absolute Gasteiger partial charge is 0.452 e. The predicted molar refractivity (Wildman–Crippen MR) is 87.1 cm³/mol. The number of hydrogen-bond acceptors (Lipinski definition) is 4. The Morgan fingerprint density at radius 2 is 1.86 bits per heavy atom. The second kappa shape index (κ2) is 6.62. The van der Waals surface area contributed by atoms with E-state index in [0.717, 1.165) is 10.0 Å². The molecule has 8 heteroatoms. The van der Waals surface area contributed by atoms with Crippen LogP contribution in [0.1, 0.15) is 11.3 Å². The van der Waals surface area contributed by atoms with Gasteiger partial charge >= 0.3 is 0 Å². The van der Waals surface area contributed by atoms with E-state index >= 15 is 0 Å². The van der Waals surface area contributed by atoms with Gasteiger partial charge in [-0.15, -0.1) is 0 Å². The van der Waals surface area contributed by atoms with Crippen molar-refractivity contribution in [1.82, 2.24) is 4.31 Å². The highest BCUT2D eigenvalue weighted by Crippen LogP contribution is 2.28. The Hall–Kier alpha value is -0.670. The van der Waals surface area contributed by atoms with Crippen molar-refractivity contribution in [2.24, 2.45) is 5.73 Å². The van der Waals surface area contributed by atoms with Crippen molar-refractivity contribution < 1.29 is 12.8 Å². The third-order valence-electron chi connectivity index (χ3n) is 2.91. The molecule has 0 radical (unpaired) electrons. The minimum absolute atomic E-state index is 0.0857. The molecule has 0 unspecified atom stereocenters. The normalized spacial score (nSPS) is 12.0. The second-order valence-corrected chi connectivity index (χ2v) is 8.09. The van der Waals surface area contributed by atoms with E-state index in [9.17, 15) is 8.42 Å². The number of rotatable bonds is 5. The lowest BCUT2D eigenvalue weighted by molar-refractivity contribution is 0.458. The van der Waals surface area contributed by atoms with Gasteiger partial charge < -0.3 is 10.2 Å². The lowest BCUT2D eigenvalue weighted by Crippen LogP contribution is -2.26. The molecule has 1 aromatic carbocycles. The van der Waals surface area contributed by atoms with Crippen LogP contribution in [0.4, 0.5) is 0 Å². The second-order valence-electron chi connectivity index (χ2n) is 4.44. The first-order valence-corrected chi connectivity index (χ1v) is 9.06. The average molecular weight is 438 g/mol. The zero-order chi connectivity index (χ0) is 15.6. The summed E-state index contributed by atoms with van der Waals surface area (Å²) in [7, 11) is -2.12. The summed E-state index contributed by atoms with van der Waals surface area (Å²) in [5.41, 5.74) is 6.35. The molecular weight excluding hydrogens is 424 g/mol. The summed E-state index contributed by atoms with van der Waals surface area (Å²) in [6.07, 6.45) is 0. The molecule has 0 bridgehead atoms. The third-order valence-corrected chi connectivity index (χ3v) is 6.10. The van der Waals surface area contributed by atoms with Crippen LogP contribution in [0.15, 0.2) is 48.8 Å². The standard InChI is InChI=1S/C13H14Br2N2O3S/c1-17(8-9-2-4-10(14)5-3-9)21(18,19)12-6-11(7-16)20-13(12)15/h2-6H,7-8,16H2,1H3. The quantitative estimate of drug-likeness (QED) is 0.779. The number of hydrogen-bond donors (Lipinski definition) is 1. The van der Waals surface area contributed by atoms with Crippen molar-refractivity contribution in [2.75, 3.05) is 7.05 Å². The van der Waals surface area contributed by atoms with Crippen LogP contribution in [0.5, 0.6) is 0 Å². The number of nitrogens with two attached hydrogens (primary N) is 1. The zero-order valence-electron chi connectivity index (χ0n) is 11.2. The Morgan fingerprint density at radius 3 is 2.38 bits per heavy atom. The first kappa shape index (κ1) is 16.7. The van der Waals surface area contributed by atoms with E-state index in [-0.39, 0.29) is 22.7 Å². The molecule has 2 aromatic rings. The molecule has 0 aliphatic heterocycles. The van der Waals surface area contributed by atoms with Gasteiger partial charge in [-0.3, -0.25) is 0 Å². The van der Waals surface area contributed by atoms with Crippen molar-refractivity contribution in [3.05, 3.63) is 50.8 Å². The van der Waals surface area contributed by atoms with E-state index in [0.29, 0.717) is 5.76 Å². The summed E-state index contributed by atoms with van der Waals surface area (Å²) >= 11 is 6.47. The van der Waals surface area contributed by atoms with Crippen molar-refractivity contribution in [3.8, 4) is 0 Å². The molecule has 2 rings (SSSR count). The lowest BCUT2D eigenvalue weighted by Gasteiger charge is -2.16. The van der Waals surface area contributed by atoms with Crippen molar-refractivity contribution in [3.63, 3.8) is 0 Å². The molecule has 0 atom stereocenters. The molecule has 21 heavy (non-hydrogen) atoms. The average Bonchev–Trinajstić information content (AvgIpc) is 2.83. The fourth-order valence-corrected chi connectivity index (χ4v) is 4.15. The van der Waals surface area contributed by atoms with Gasteiger partial charge in [-0.25, -0.2) is 8.42 Å². The number of nitrogens with zero attached hydrogens (tertiary/aromatic N) is 1. The van der Waals surface area contributed by atoms with Gasteiger partial charge in [-0.05, 0) is 33.6 Å². The molecule has 0 aliphatic rings. The Labute approximate surface area is 140 Å². The molecule has 0 saturated carbocycles. The maximum absolute atomic E-state index is 12.5. The number of benzene rings is 1. The molecule has 0 amide bonds. The lowest BCUT2D eigenvalue weighted by atomic mass is 10.2. The minimum Gasteiger partial charge on any atom is -0.452 e. The van der Waals surface area contributed by atoms with Crippen LogP contribution in [0, 0.1) is 0 Å². The van der Waals surface area contributed by atoms with Gasteiger partial charge in [0.15, 0.2) is 4.67 Å². The summed E-state index contributed by atoms with van der Waals surface area (Å²) in [5.74, 6) is 0.414. The van der Waals surface area contributed by atoms with Crippen molar-refractivity contribution >= 4 is 41.9 Å². The maximum atomic E-state index is 12.5. The molecule has 5 nitrogen and oxygen atoms in total. The van der Waals surface area contributed by atoms with Crippen LogP contribution in [0.3, 0.4) is 0 Å². The molecule has 0 spiro atoms. The number of sulfonamides is 1. The van der Waals surface area contributed by atoms with Gasteiger partial charge in [0.25, 0.3) is 0 Å². The topological polar surface area (TPSA) is 76.5 Å². The van der Waals surface area contributed by atoms with Gasteiger partial charge in [-0.1, -0.05) is 28.1 Å². The van der Waals surface area contributed by atoms with Crippen LogP contribution < -0.4 is 5.73 Å². The summed E-state index contributed by atoms with van der Waals surface area (Å²) in [4.78, 5) is 0.0857. The smallest absolute Gasteiger partial charge is 0.247 e. The highest BCUT2D eigenvalue weighted by Gasteiger charge is 2.26. The van der Waals surface area contributed by atoms with E-state index in [1.54, 1.807) is 0 Å². The number of furan rings is 1. The van der Waals surface area contributed by atoms with E-state index in [1.165, 1.54) is 17.4 Å². The Kier molecular flexibility index (Phi) is 5.26. The first-order chi connectivity index (χ1) is 9.84. The molecule has 0 saturated heterocycles. The predicted octanol–water partition coefficient (Wildman–Crippen LogP) is 3.08. The van der Waals surface area contributed by atoms with Crippen molar-refractivity contribution in [2.45, 2.75) is 18.0 Å². The van der Waals surface area contributed by atoms with Crippen LogP contribution in [-0.2, 0) is 23.1 Å². The minimum atomic E-state index is -3.64. The van der Waals surface area contributed by atoms with Gasteiger partial charge in [0.05, 0.1) is 6.54 Å². The van der Waals surface area contributed by atoms with Crippen LogP contribution in [0.25, 0.3) is 0 Å². The third kappa shape index (κ3) is 3.75. The van der Waals surface area contributed by atoms with E-state index in [1.807, 2.05) is 24.3 Å². The number of halogens is 2.